The Kier molecular flexibility index (Phi) is 4.90. The number of aryl methyl sites for hydroxylation is 3. The number of anilines is 3. The van der Waals surface area contributed by atoms with Crippen LogP contribution >= 0.6 is 0 Å². The Balaban J connectivity index is 1.52. The summed E-state index contributed by atoms with van der Waals surface area (Å²) >= 11 is 0. The molecular formula is C37H27NO3. The van der Waals surface area contributed by atoms with Gasteiger partial charge in [-0.15, -0.1) is 0 Å². The molecule has 198 valence electrons. The van der Waals surface area contributed by atoms with Crippen LogP contribution in [0.1, 0.15) is 39.1 Å². The lowest BCUT2D eigenvalue weighted by molar-refractivity contribution is 0.434. The van der Waals surface area contributed by atoms with Gasteiger partial charge in [-0.2, -0.15) is 0 Å². The van der Waals surface area contributed by atoms with E-state index in [1.807, 2.05) is 30.3 Å². The Morgan fingerprint density at radius 3 is 1.80 bits per heavy atom. The molecule has 8 rings (SSSR count). The Morgan fingerprint density at radius 2 is 1.20 bits per heavy atom. The fourth-order valence-corrected chi connectivity index (χ4v) is 6.82. The Labute approximate surface area is 238 Å². The summed E-state index contributed by atoms with van der Waals surface area (Å²) in [5.41, 5.74) is 9.93. The van der Waals surface area contributed by atoms with Crippen LogP contribution in [0.25, 0.3) is 11.0 Å². The van der Waals surface area contributed by atoms with Gasteiger partial charge in [0.2, 0.25) is 0 Å². The van der Waals surface area contributed by atoms with Crippen molar-refractivity contribution in [3.8, 4) is 11.5 Å². The van der Waals surface area contributed by atoms with E-state index in [0.29, 0.717) is 16.7 Å². The van der Waals surface area contributed by atoms with Gasteiger partial charge in [-0.25, -0.2) is 0 Å². The molecule has 1 aromatic heterocycles. The highest BCUT2D eigenvalue weighted by Crippen LogP contribution is 2.62. The van der Waals surface area contributed by atoms with Crippen molar-refractivity contribution in [3.63, 3.8) is 0 Å². The van der Waals surface area contributed by atoms with Gasteiger partial charge in [0.1, 0.15) is 22.8 Å². The highest BCUT2D eigenvalue weighted by atomic mass is 16.5. The maximum atomic E-state index is 13.0. The zero-order valence-electron chi connectivity index (χ0n) is 23.1. The molecule has 4 nitrogen and oxygen atoms in total. The number of fused-ring (bicyclic) bond motifs is 9. The third-order valence-electron chi connectivity index (χ3n) is 8.49. The SMILES string of the molecule is Cc1ccc2c(c1)C1(c3ccccc3Oc3ccccc31)c1cc(C)ccc1N2c1ccc2oc(C)cc(=O)c2c1. The number of hydrogen-bond donors (Lipinski definition) is 0. The van der Waals surface area contributed by atoms with Crippen LogP contribution in [0.15, 0.2) is 118 Å². The topological polar surface area (TPSA) is 42.7 Å². The molecule has 5 aromatic carbocycles. The third-order valence-corrected chi connectivity index (χ3v) is 8.49. The molecule has 0 N–H and O–H groups in total. The van der Waals surface area contributed by atoms with Crippen molar-refractivity contribution in [1.82, 2.24) is 0 Å². The number of hydrogen-bond acceptors (Lipinski definition) is 4. The molecule has 41 heavy (non-hydrogen) atoms. The second-order valence-electron chi connectivity index (χ2n) is 11.1. The Bertz CT molecular complexity index is 2000. The first-order valence-electron chi connectivity index (χ1n) is 13.9. The van der Waals surface area contributed by atoms with E-state index in [-0.39, 0.29) is 5.43 Å². The number of nitrogens with zero attached hydrogens (tertiary/aromatic N) is 1. The molecule has 2 aliphatic heterocycles. The van der Waals surface area contributed by atoms with E-state index in [1.54, 1.807) is 13.0 Å². The van der Waals surface area contributed by atoms with Crippen LogP contribution in [0, 0.1) is 20.8 Å². The van der Waals surface area contributed by atoms with Crippen LogP contribution < -0.4 is 15.1 Å². The van der Waals surface area contributed by atoms with E-state index in [0.717, 1.165) is 39.7 Å². The molecule has 2 aliphatic rings. The van der Waals surface area contributed by atoms with Crippen molar-refractivity contribution in [2.24, 2.45) is 0 Å². The zero-order valence-corrected chi connectivity index (χ0v) is 23.1. The summed E-state index contributed by atoms with van der Waals surface area (Å²) in [7, 11) is 0. The molecule has 3 heterocycles. The molecule has 0 saturated heterocycles. The van der Waals surface area contributed by atoms with Crippen molar-refractivity contribution < 1.29 is 9.15 Å². The molecular weight excluding hydrogens is 506 g/mol. The number of benzene rings is 5. The minimum atomic E-state index is -0.600. The second kappa shape index (κ2) is 8.45. The van der Waals surface area contributed by atoms with E-state index in [9.17, 15) is 4.79 Å². The molecule has 0 radical (unpaired) electrons. The summed E-state index contributed by atoms with van der Waals surface area (Å²) in [5, 5.41) is 0.567. The second-order valence-corrected chi connectivity index (χ2v) is 11.1. The van der Waals surface area contributed by atoms with Gasteiger partial charge in [0.05, 0.1) is 22.2 Å². The molecule has 1 spiro atoms. The van der Waals surface area contributed by atoms with Crippen molar-refractivity contribution >= 4 is 28.0 Å². The van der Waals surface area contributed by atoms with Crippen LogP contribution in [0.5, 0.6) is 11.5 Å². The van der Waals surface area contributed by atoms with Gasteiger partial charge in [0, 0.05) is 22.9 Å². The van der Waals surface area contributed by atoms with Gasteiger partial charge < -0.3 is 14.1 Å². The lowest BCUT2D eigenvalue weighted by Gasteiger charge is -2.48. The smallest absolute Gasteiger partial charge is 0.193 e. The molecule has 0 atom stereocenters. The fraction of sp³-hybridized carbons (Fsp3) is 0.108. The van der Waals surface area contributed by atoms with E-state index in [1.165, 1.54) is 22.3 Å². The maximum absolute atomic E-state index is 13.0. The molecule has 0 saturated carbocycles. The molecule has 0 fully saturated rings. The van der Waals surface area contributed by atoms with Crippen molar-refractivity contribution in [3.05, 3.63) is 159 Å². The van der Waals surface area contributed by atoms with Crippen molar-refractivity contribution in [1.29, 1.82) is 0 Å². The summed E-state index contributed by atoms with van der Waals surface area (Å²) in [6.45, 7) is 6.09. The highest BCUT2D eigenvalue weighted by Gasteiger charge is 2.51. The van der Waals surface area contributed by atoms with E-state index in [4.69, 9.17) is 9.15 Å². The predicted molar refractivity (Wildman–Crippen MR) is 163 cm³/mol. The van der Waals surface area contributed by atoms with Crippen molar-refractivity contribution in [2.75, 3.05) is 4.90 Å². The lowest BCUT2D eigenvalue weighted by Crippen LogP contribution is -2.39. The van der Waals surface area contributed by atoms with E-state index in [2.05, 4.69) is 91.5 Å². The first-order valence-corrected chi connectivity index (χ1v) is 13.9. The van der Waals surface area contributed by atoms with Crippen molar-refractivity contribution in [2.45, 2.75) is 26.2 Å². The predicted octanol–water partition coefficient (Wildman–Crippen LogP) is 8.99. The molecule has 0 aliphatic carbocycles. The monoisotopic (exact) mass is 533 g/mol. The summed E-state index contributed by atoms with van der Waals surface area (Å²) in [5.74, 6) is 2.32. The maximum Gasteiger partial charge on any atom is 0.193 e. The summed E-state index contributed by atoms with van der Waals surface area (Å²) in [6, 6.07) is 37.6. The van der Waals surface area contributed by atoms with Gasteiger partial charge in [0.25, 0.3) is 0 Å². The summed E-state index contributed by atoms with van der Waals surface area (Å²) in [4.78, 5) is 15.3. The average molecular weight is 534 g/mol. The van der Waals surface area contributed by atoms with Gasteiger partial charge in [-0.1, -0.05) is 71.8 Å². The summed E-state index contributed by atoms with van der Waals surface area (Å²) in [6.07, 6.45) is 0. The molecule has 6 aromatic rings. The lowest BCUT2D eigenvalue weighted by atomic mass is 9.61. The van der Waals surface area contributed by atoms with Crippen LogP contribution in [-0.2, 0) is 5.41 Å². The van der Waals surface area contributed by atoms with Crippen LogP contribution in [0.2, 0.25) is 0 Å². The standard InChI is InChI=1S/C37H27NO3/c1-22-12-15-31-29(18-22)37(27-8-4-6-10-35(27)41-36-11-7-5-9-28(36)37)30-19-23(2)13-16-32(30)38(31)25-14-17-34-26(21-25)33(39)20-24(3)40-34/h4-21H,1-3H3. The number of para-hydroxylation sites is 2. The molecule has 0 amide bonds. The minimum absolute atomic E-state index is 0.0420. The van der Waals surface area contributed by atoms with Gasteiger partial charge in [0.15, 0.2) is 5.43 Å². The Hall–Kier alpha value is -5.09. The first kappa shape index (κ1) is 23.8. The normalized spacial score (nSPS) is 14.2. The van der Waals surface area contributed by atoms with E-state index < -0.39 is 5.41 Å². The molecule has 0 bridgehead atoms. The average Bonchev–Trinajstić information content (AvgIpc) is 2.97. The van der Waals surface area contributed by atoms with Crippen LogP contribution in [0.3, 0.4) is 0 Å². The zero-order chi connectivity index (χ0) is 27.9. The summed E-state index contributed by atoms with van der Waals surface area (Å²) < 4.78 is 12.4. The number of rotatable bonds is 1. The van der Waals surface area contributed by atoms with Gasteiger partial charge in [-0.3, -0.25) is 4.79 Å². The van der Waals surface area contributed by atoms with Crippen LogP contribution in [0.4, 0.5) is 17.1 Å². The third kappa shape index (κ3) is 3.25. The first-order chi connectivity index (χ1) is 19.9. The molecule has 4 heteroatoms. The van der Waals surface area contributed by atoms with Gasteiger partial charge in [-0.05, 0) is 74.4 Å². The van der Waals surface area contributed by atoms with Crippen LogP contribution in [-0.4, -0.2) is 0 Å². The number of ether oxygens (including phenoxy) is 1. The highest BCUT2D eigenvalue weighted by molar-refractivity contribution is 5.93. The fourth-order valence-electron chi connectivity index (χ4n) is 6.82. The quantitative estimate of drug-likeness (QED) is 0.211. The minimum Gasteiger partial charge on any atom is -0.461 e. The largest absolute Gasteiger partial charge is 0.461 e. The molecule has 0 unspecified atom stereocenters. The van der Waals surface area contributed by atoms with E-state index >= 15 is 0 Å². The van der Waals surface area contributed by atoms with Gasteiger partial charge >= 0.3 is 0 Å². The Morgan fingerprint density at radius 1 is 0.610 bits per heavy atom.